The van der Waals surface area contributed by atoms with E-state index in [1.165, 1.54) is 52.3 Å². The van der Waals surface area contributed by atoms with Gasteiger partial charge in [-0.15, -0.1) is 22.7 Å². The number of hydrogen-bond acceptors (Lipinski definition) is 4. The smallest absolute Gasteiger partial charge is 0.223 e. The Balaban J connectivity index is 0.00000184. The lowest BCUT2D eigenvalue weighted by atomic mass is 9.90. The predicted octanol–water partition coefficient (Wildman–Crippen LogP) is 14.0. The van der Waals surface area contributed by atoms with Crippen LogP contribution in [0.25, 0.3) is 80.1 Å². The lowest BCUT2D eigenvalue weighted by Crippen LogP contribution is -1.99. The number of hydrogen-bond donors (Lipinski definition) is 0. The first-order chi connectivity index (χ1) is 25.1. The van der Waals surface area contributed by atoms with E-state index in [1.807, 2.05) is 49.5 Å². The largest absolute Gasteiger partial charge is 0.309 e. The summed E-state index contributed by atoms with van der Waals surface area (Å²) in [6.07, 6.45) is 17.4. The average Bonchev–Trinajstić information content (AvgIpc) is 3.86. The van der Waals surface area contributed by atoms with E-state index in [-0.39, 0.29) is 5.28 Å². The fraction of sp³-hybridized carbons (Fsp3) is 0.111. The molecule has 0 N–H and O–H groups in total. The summed E-state index contributed by atoms with van der Waals surface area (Å²) in [6, 6.07) is 23.8. The van der Waals surface area contributed by atoms with Gasteiger partial charge in [-0.25, -0.2) is 9.97 Å². The van der Waals surface area contributed by atoms with Crippen LogP contribution in [0.1, 0.15) is 42.7 Å². The van der Waals surface area contributed by atoms with Crippen LogP contribution in [-0.2, 0) is 12.8 Å². The van der Waals surface area contributed by atoms with Crippen molar-refractivity contribution in [3.05, 3.63) is 150 Å². The van der Waals surface area contributed by atoms with E-state index < -0.39 is 0 Å². The topological polar surface area (TPSA) is 30.7 Å². The fourth-order valence-corrected chi connectivity index (χ4v) is 9.99. The number of benzene rings is 4. The summed E-state index contributed by atoms with van der Waals surface area (Å²) in [5.74, 6) is 0. The third-order valence-corrected chi connectivity index (χ3v) is 12.2. The zero-order valence-corrected chi connectivity index (χ0v) is 31.1. The van der Waals surface area contributed by atoms with E-state index >= 15 is 0 Å². The highest BCUT2D eigenvalue weighted by Gasteiger charge is 2.25. The van der Waals surface area contributed by atoms with E-state index in [9.17, 15) is 0 Å². The Kier molecular flexibility index (Phi) is 8.81. The number of nitrogens with zero attached hydrogens (tertiary/aromatic N) is 3. The van der Waals surface area contributed by atoms with Crippen LogP contribution in [0.5, 0.6) is 0 Å². The van der Waals surface area contributed by atoms with Crippen molar-refractivity contribution in [1.29, 1.82) is 0 Å². The minimum absolute atomic E-state index is 0.260. The van der Waals surface area contributed by atoms with Crippen LogP contribution < -0.4 is 0 Å². The van der Waals surface area contributed by atoms with Crippen LogP contribution in [0.4, 0.5) is 0 Å². The molecule has 0 fully saturated rings. The van der Waals surface area contributed by atoms with Gasteiger partial charge in [0.05, 0.1) is 26.9 Å². The molecular formula is C45H36ClN3S2. The molecular weight excluding hydrogens is 682 g/mol. The first kappa shape index (κ1) is 33.1. The molecule has 9 rings (SSSR count). The summed E-state index contributed by atoms with van der Waals surface area (Å²) in [6.45, 7) is 16.7. The Hall–Kier alpha value is -5.07. The second kappa shape index (κ2) is 13.6. The summed E-state index contributed by atoms with van der Waals surface area (Å²) < 4.78 is 7.27. The molecule has 0 saturated heterocycles. The van der Waals surface area contributed by atoms with Gasteiger partial charge in [-0.05, 0) is 83.1 Å². The molecule has 0 unspecified atom stereocenters. The third kappa shape index (κ3) is 5.39. The van der Waals surface area contributed by atoms with Crippen LogP contribution in [0, 0.1) is 0 Å². The zero-order valence-electron chi connectivity index (χ0n) is 28.7. The summed E-state index contributed by atoms with van der Waals surface area (Å²) in [7, 11) is 0. The van der Waals surface area contributed by atoms with Gasteiger partial charge < -0.3 is 4.57 Å². The Morgan fingerprint density at radius 3 is 2.37 bits per heavy atom. The Morgan fingerprint density at radius 1 is 0.863 bits per heavy atom. The molecule has 0 radical (unpaired) electrons. The van der Waals surface area contributed by atoms with Crippen molar-refractivity contribution in [2.45, 2.75) is 33.1 Å². The maximum absolute atomic E-state index is 6.47. The highest BCUT2D eigenvalue weighted by atomic mass is 35.5. The Morgan fingerprint density at radius 2 is 1.61 bits per heavy atom. The summed E-state index contributed by atoms with van der Waals surface area (Å²) in [5.41, 5.74) is 10.0. The summed E-state index contributed by atoms with van der Waals surface area (Å²) in [5, 5.41) is 6.47. The van der Waals surface area contributed by atoms with Crippen LogP contribution in [0.2, 0.25) is 5.28 Å². The molecule has 0 bridgehead atoms. The second-order valence-electron chi connectivity index (χ2n) is 12.3. The van der Waals surface area contributed by atoms with Gasteiger partial charge in [0.1, 0.15) is 0 Å². The number of aryl methyl sites for hydroxylation is 1. The molecule has 4 aromatic heterocycles. The normalized spacial score (nSPS) is 13.3. The minimum atomic E-state index is 0.260. The molecule has 0 saturated carbocycles. The number of thiophene rings is 2. The van der Waals surface area contributed by atoms with E-state index in [0.717, 1.165) is 56.5 Å². The minimum Gasteiger partial charge on any atom is -0.309 e. The lowest BCUT2D eigenvalue weighted by molar-refractivity contribution is 1.00. The van der Waals surface area contributed by atoms with Crippen molar-refractivity contribution in [2.24, 2.45) is 0 Å². The third-order valence-electron chi connectivity index (χ3n) is 9.59. The average molecular weight is 718 g/mol. The molecule has 4 aromatic carbocycles. The molecule has 1 aliphatic carbocycles. The van der Waals surface area contributed by atoms with Crippen LogP contribution in [0.15, 0.2) is 122 Å². The monoisotopic (exact) mass is 717 g/mol. The first-order valence-electron chi connectivity index (χ1n) is 17.3. The van der Waals surface area contributed by atoms with E-state index in [2.05, 4.69) is 119 Å². The van der Waals surface area contributed by atoms with Crippen molar-refractivity contribution < 1.29 is 0 Å². The second-order valence-corrected chi connectivity index (χ2v) is 14.7. The predicted molar refractivity (Wildman–Crippen MR) is 228 cm³/mol. The highest BCUT2D eigenvalue weighted by Crippen LogP contribution is 2.48. The maximum atomic E-state index is 6.47. The molecule has 0 atom stereocenters. The van der Waals surface area contributed by atoms with Crippen LogP contribution >= 0.6 is 34.3 Å². The van der Waals surface area contributed by atoms with E-state index in [1.54, 1.807) is 11.3 Å². The van der Waals surface area contributed by atoms with Crippen molar-refractivity contribution in [2.75, 3.05) is 0 Å². The molecule has 3 nitrogen and oxygen atoms in total. The van der Waals surface area contributed by atoms with Gasteiger partial charge in [-0.1, -0.05) is 106 Å². The van der Waals surface area contributed by atoms with Crippen LogP contribution in [0.3, 0.4) is 0 Å². The quantitative estimate of drug-likeness (QED) is 0.121. The number of allylic oxidation sites excluding steroid dienone is 7. The van der Waals surface area contributed by atoms with E-state index in [4.69, 9.17) is 11.6 Å². The zero-order chi connectivity index (χ0) is 35.2. The molecule has 0 spiro atoms. The van der Waals surface area contributed by atoms with Crippen molar-refractivity contribution in [1.82, 2.24) is 14.5 Å². The molecule has 0 amide bonds. The number of fused-ring (bicyclic) bond motifs is 13. The SMILES string of the molecule is C=CC(=C/Cc1nc(Cl)nc2c1sc1ccccc12)/C=C(\C=C)n1c2ccc(C=C)cc2c2c3c(c4sc5ccccc5c4c21)C=CCC3.CC. The lowest BCUT2D eigenvalue weighted by Gasteiger charge is -2.16. The van der Waals surface area contributed by atoms with Crippen molar-refractivity contribution >= 4 is 114 Å². The fourth-order valence-electron chi connectivity index (χ4n) is 7.41. The van der Waals surface area contributed by atoms with Gasteiger partial charge in [-0.2, -0.15) is 0 Å². The molecule has 51 heavy (non-hydrogen) atoms. The van der Waals surface area contributed by atoms with Crippen LogP contribution in [-0.4, -0.2) is 14.5 Å². The molecule has 4 heterocycles. The number of aromatic nitrogens is 3. The molecule has 250 valence electrons. The number of rotatable bonds is 7. The van der Waals surface area contributed by atoms with Gasteiger partial charge in [-0.3, -0.25) is 0 Å². The van der Waals surface area contributed by atoms with Gasteiger partial charge in [0.15, 0.2) is 0 Å². The van der Waals surface area contributed by atoms with Crippen molar-refractivity contribution in [3.8, 4) is 0 Å². The Labute approximate surface area is 310 Å². The standard InChI is InChI=1S/C43H30ClN3S2.C2H6/c1-4-25(19-21-33-42-39(46-43(44)45-33)31-16-10-12-18-36(31)49-42)23-27(6-3)47-34-22-20-26(5-2)24-32(34)37-28-13-7-8-14-29(28)41-38(40(37)47)30-15-9-11-17-35(30)48-41;1-2/h4-6,8-12,14-20,22-24H,1-3,7,13,21H2;1-2H3/b25-19-,27-23+;. The molecule has 1 aliphatic rings. The molecule has 8 aromatic rings. The number of halogens is 1. The van der Waals surface area contributed by atoms with E-state index in [0.29, 0.717) is 6.42 Å². The summed E-state index contributed by atoms with van der Waals surface area (Å²) >= 11 is 10.1. The van der Waals surface area contributed by atoms with Crippen molar-refractivity contribution in [3.63, 3.8) is 0 Å². The Bertz CT molecular complexity index is 2820. The van der Waals surface area contributed by atoms with Gasteiger partial charge in [0, 0.05) is 53.1 Å². The van der Waals surface area contributed by atoms with Gasteiger partial charge in [0.25, 0.3) is 0 Å². The molecule has 6 heteroatoms. The van der Waals surface area contributed by atoms with Gasteiger partial charge in [0.2, 0.25) is 5.28 Å². The maximum Gasteiger partial charge on any atom is 0.223 e. The molecule has 0 aliphatic heterocycles. The van der Waals surface area contributed by atoms with Gasteiger partial charge >= 0.3 is 0 Å². The summed E-state index contributed by atoms with van der Waals surface area (Å²) in [4.78, 5) is 9.27. The first-order valence-corrected chi connectivity index (χ1v) is 19.3. The highest BCUT2D eigenvalue weighted by molar-refractivity contribution is 7.26.